The molecule has 1 aliphatic heterocycles. The Kier molecular flexibility index (Phi) is 1.95. The van der Waals surface area contributed by atoms with Gasteiger partial charge in [0.05, 0.1) is 5.69 Å². The van der Waals surface area contributed by atoms with E-state index < -0.39 is 0 Å². The Hall–Kier alpha value is -0.730. The average Bonchev–Trinajstić information content (AvgIpc) is 2.49. The molecule has 2 nitrogen and oxygen atoms in total. The number of nitrogens with zero attached hydrogens (tertiary/aromatic N) is 1. The van der Waals surface area contributed by atoms with E-state index in [2.05, 4.69) is 16.5 Å². The molecule has 2 rings (SSSR count). The Morgan fingerprint density at radius 2 is 2.33 bits per heavy atom. The lowest BCUT2D eigenvalue weighted by atomic mass is 10.2. The van der Waals surface area contributed by atoms with Crippen molar-refractivity contribution in [1.29, 1.82) is 0 Å². The van der Waals surface area contributed by atoms with Gasteiger partial charge in [0.2, 0.25) is 0 Å². The van der Waals surface area contributed by atoms with Gasteiger partial charge in [-0.3, -0.25) is 0 Å². The normalized spacial score (nSPS) is 15.0. The molecule has 0 bridgehead atoms. The van der Waals surface area contributed by atoms with Gasteiger partial charge in [0, 0.05) is 18.6 Å². The van der Waals surface area contributed by atoms with Crippen LogP contribution in [0.2, 0.25) is 5.02 Å². The molecule has 1 heterocycles. The number of hydrogen-bond donors (Lipinski definition) is 1. The Morgan fingerprint density at radius 3 is 3.08 bits per heavy atom. The van der Waals surface area contributed by atoms with Gasteiger partial charge in [-0.05, 0) is 24.1 Å². The van der Waals surface area contributed by atoms with Crippen molar-refractivity contribution in [2.24, 2.45) is 0 Å². The van der Waals surface area contributed by atoms with Crippen LogP contribution in [-0.2, 0) is 6.42 Å². The van der Waals surface area contributed by atoms with Crippen molar-refractivity contribution in [3.05, 3.63) is 28.8 Å². The van der Waals surface area contributed by atoms with Gasteiger partial charge in [0.1, 0.15) is 0 Å². The van der Waals surface area contributed by atoms with Gasteiger partial charge in [-0.2, -0.15) is 0 Å². The van der Waals surface area contributed by atoms with Crippen molar-refractivity contribution in [3.8, 4) is 0 Å². The highest BCUT2D eigenvalue weighted by Crippen LogP contribution is 2.31. The van der Waals surface area contributed by atoms with Crippen molar-refractivity contribution in [2.75, 3.05) is 18.6 Å². The first-order valence-corrected chi connectivity index (χ1v) is 4.43. The summed E-state index contributed by atoms with van der Waals surface area (Å²) >= 11 is 6.04. The SMILES string of the molecule is CNN1CCc2c(Cl)cccc21. The highest BCUT2D eigenvalue weighted by atomic mass is 35.5. The number of benzene rings is 1. The Bertz CT molecular complexity index is 299. The zero-order valence-electron chi connectivity index (χ0n) is 6.97. The minimum Gasteiger partial charge on any atom is -0.308 e. The molecule has 1 aromatic rings. The monoisotopic (exact) mass is 182 g/mol. The van der Waals surface area contributed by atoms with Gasteiger partial charge in [-0.25, -0.2) is 5.43 Å². The fraction of sp³-hybridized carbons (Fsp3) is 0.333. The number of hydrogen-bond acceptors (Lipinski definition) is 2. The molecule has 64 valence electrons. The minimum atomic E-state index is 0.880. The Balaban J connectivity index is 2.46. The van der Waals surface area contributed by atoms with Crippen LogP contribution in [0.15, 0.2) is 18.2 Å². The second-order valence-electron chi connectivity index (χ2n) is 2.86. The van der Waals surface area contributed by atoms with Crippen molar-refractivity contribution < 1.29 is 0 Å². The van der Waals surface area contributed by atoms with Crippen LogP contribution in [0.3, 0.4) is 0 Å². The van der Waals surface area contributed by atoms with E-state index >= 15 is 0 Å². The molecule has 1 N–H and O–H groups in total. The minimum absolute atomic E-state index is 0.880. The van der Waals surface area contributed by atoms with Gasteiger partial charge >= 0.3 is 0 Å². The van der Waals surface area contributed by atoms with E-state index in [1.165, 1.54) is 11.3 Å². The third kappa shape index (κ3) is 1.08. The quantitative estimate of drug-likeness (QED) is 0.713. The van der Waals surface area contributed by atoms with Crippen LogP contribution >= 0.6 is 11.6 Å². The molecule has 0 amide bonds. The summed E-state index contributed by atoms with van der Waals surface area (Å²) in [5, 5.41) is 2.99. The van der Waals surface area contributed by atoms with Crippen molar-refractivity contribution in [2.45, 2.75) is 6.42 Å². The maximum atomic E-state index is 6.04. The predicted molar refractivity (Wildman–Crippen MR) is 51.6 cm³/mol. The standard InChI is InChI=1S/C9H11ClN2/c1-11-12-6-5-7-8(10)3-2-4-9(7)12/h2-4,11H,5-6H2,1H3. The fourth-order valence-electron chi connectivity index (χ4n) is 1.62. The lowest BCUT2D eigenvalue weighted by molar-refractivity contribution is 0.734. The summed E-state index contributed by atoms with van der Waals surface area (Å²) in [5.41, 5.74) is 5.59. The van der Waals surface area contributed by atoms with Crippen molar-refractivity contribution in [1.82, 2.24) is 5.43 Å². The topological polar surface area (TPSA) is 15.3 Å². The molecular weight excluding hydrogens is 172 g/mol. The van der Waals surface area contributed by atoms with Crippen LogP contribution in [0.4, 0.5) is 5.69 Å². The van der Waals surface area contributed by atoms with Crippen LogP contribution in [0, 0.1) is 0 Å². The van der Waals surface area contributed by atoms with Crippen LogP contribution < -0.4 is 10.4 Å². The van der Waals surface area contributed by atoms with Crippen molar-refractivity contribution >= 4 is 17.3 Å². The van der Waals surface area contributed by atoms with Crippen LogP contribution in [0.5, 0.6) is 0 Å². The van der Waals surface area contributed by atoms with Gasteiger partial charge in [0.25, 0.3) is 0 Å². The zero-order valence-corrected chi connectivity index (χ0v) is 7.73. The molecule has 0 fully saturated rings. The third-order valence-corrected chi connectivity index (χ3v) is 2.59. The van der Waals surface area contributed by atoms with E-state index in [1.54, 1.807) is 0 Å². The second kappa shape index (κ2) is 2.96. The molecule has 1 aromatic carbocycles. The van der Waals surface area contributed by atoms with Gasteiger partial charge in [-0.15, -0.1) is 0 Å². The fourth-order valence-corrected chi connectivity index (χ4v) is 1.89. The summed E-state index contributed by atoms with van der Waals surface area (Å²) in [4.78, 5) is 0. The van der Waals surface area contributed by atoms with Crippen LogP contribution in [-0.4, -0.2) is 13.6 Å². The first-order valence-electron chi connectivity index (χ1n) is 4.05. The summed E-state index contributed by atoms with van der Waals surface area (Å²) < 4.78 is 0. The summed E-state index contributed by atoms with van der Waals surface area (Å²) in [6, 6.07) is 6.01. The lowest BCUT2D eigenvalue weighted by Crippen LogP contribution is -2.32. The summed E-state index contributed by atoms with van der Waals surface area (Å²) in [7, 11) is 1.93. The summed E-state index contributed by atoms with van der Waals surface area (Å²) in [5.74, 6) is 0. The molecule has 3 heteroatoms. The highest BCUT2D eigenvalue weighted by molar-refractivity contribution is 6.31. The van der Waals surface area contributed by atoms with E-state index in [0.717, 1.165) is 18.0 Å². The summed E-state index contributed by atoms with van der Waals surface area (Å²) in [6.07, 6.45) is 1.04. The second-order valence-corrected chi connectivity index (χ2v) is 3.27. The third-order valence-electron chi connectivity index (χ3n) is 2.24. The molecule has 1 aliphatic rings. The molecule has 0 saturated heterocycles. The number of rotatable bonds is 1. The number of halogens is 1. The van der Waals surface area contributed by atoms with E-state index in [0.29, 0.717) is 0 Å². The Labute approximate surface area is 77.1 Å². The first-order chi connectivity index (χ1) is 5.83. The molecule has 0 aliphatic carbocycles. The summed E-state index contributed by atoms with van der Waals surface area (Å²) in [6.45, 7) is 1.01. The van der Waals surface area contributed by atoms with Gasteiger partial charge < -0.3 is 5.01 Å². The largest absolute Gasteiger partial charge is 0.308 e. The molecule has 0 spiro atoms. The molecule has 12 heavy (non-hydrogen) atoms. The predicted octanol–water partition coefficient (Wildman–Crippen LogP) is 1.84. The van der Waals surface area contributed by atoms with Gasteiger partial charge in [-0.1, -0.05) is 17.7 Å². The Morgan fingerprint density at radius 1 is 1.50 bits per heavy atom. The number of hydrazine groups is 1. The zero-order chi connectivity index (χ0) is 8.55. The van der Waals surface area contributed by atoms with E-state index in [-0.39, 0.29) is 0 Å². The maximum Gasteiger partial charge on any atom is 0.0567 e. The van der Waals surface area contributed by atoms with E-state index in [9.17, 15) is 0 Å². The molecule has 0 aromatic heterocycles. The van der Waals surface area contributed by atoms with Crippen LogP contribution in [0.25, 0.3) is 0 Å². The van der Waals surface area contributed by atoms with E-state index in [4.69, 9.17) is 11.6 Å². The van der Waals surface area contributed by atoms with E-state index in [1.807, 2.05) is 19.2 Å². The van der Waals surface area contributed by atoms with Crippen molar-refractivity contribution in [3.63, 3.8) is 0 Å². The van der Waals surface area contributed by atoms with Crippen LogP contribution in [0.1, 0.15) is 5.56 Å². The molecule has 0 radical (unpaired) electrons. The molecule has 0 atom stereocenters. The maximum absolute atomic E-state index is 6.04. The molecule has 0 unspecified atom stereocenters. The number of anilines is 1. The first kappa shape index (κ1) is 7.90. The number of nitrogens with one attached hydrogen (secondary N) is 1. The molecular formula is C9H11ClN2. The smallest absolute Gasteiger partial charge is 0.0567 e. The lowest BCUT2D eigenvalue weighted by Gasteiger charge is -2.16. The highest BCUT2D eigenvalue weighted by Gasteiger charge is 2.19. The molecule has 0 saturated carbocycles. The average molecular weight is 183 g/mol. The van der Waals surface area contributed by atoms with Gasteiger partial charge in [0.15, 0.2) is 0 Å². The number of fused-ring (bicyclic) bond motifs is 1.